The van der Waals surface area contributed by atoms with Crippen molar-refractivity contribution in [2.75, 3.05) is 6.26 Å². The van der Waals surface area contributed by atoms with Crippen LogP contribution in [0.4, 0.5) is 0 Å². The van der Waals surface area contributed by atoms with Crippen LogP contribution in [0, 0.1) is 0 Å². The number of aromatic nitrogens is 1. The molecule has 3 aromatic rings. The second kappa shape index (κ2) is 5.55. The van der Waals surface area contributed by atoms with Crippen molar-refractivity contribution in [1.29, 1.82) is 0 Å². The number of rotatable bonds is 4. The van der Waals surface area contributed by atoms with Gasteiger partial charge in [-0.2, -0.15) is 0 Å². The van der Waals surface area contributed by atoms with E-state index in [4.69, 9.17) is 0 Å². The molecular weight excluding hydrogens is 266 g/mol. The molecule has 0 N–H and O–H groups in total. The molecule has 0 spiro atoms. The Morgan fingerprint density at radius 1 is 1.15 bits per heavy atom. The molecule has 100 valence electrons. The van der Waals surface area contributed by atoms with E-state index >= 15 is 0 Å². The van der Waals surface area contributed by atoms with Crippen molar-refractivity contribution in [3.63, 3.8) is 0 Å². The monoisotopic (exact) mass is 281 g/mol. The summed E-state index contributed by atoms with van der Waals surface area (Å²) in [6, 6.07) is 16.6. The zero-order chi connectivity index (χ0) is 13.9. The highest BCUT2D eigenvalue weighted by molar-refractivity contribution is 7.98. The number of fused-ring (bicyclic) bond motifs is 1. The number of nitrogens with zero attached hydrogens (tertiary/aromatic N) is 1. The van der Waals surface area contributed by atoms with E-state index in [2.05, 4.69) is 34.9 Å². The first-order chi connectivity index (χ1) is 9.81. The number of thioether (sulfide) groups is 1. The number of aldehydes is 1. The van der Waals surface area contributed by atoms with Crippen molar-refractivity contribution in [3.05, 3.63) is 65.9 Å². The Morgan fingerprint density at radius 3 is 2.65 bits per heavy atom. The fourth-order valence-corrected chi connectivity index (χ4v) is 2.88. The fourth-order valence-electron chi connectivity index (χ4n) is 2.44. The first kappa shape index (κ1) is 13.0. The lowest BCUT2D eigenvalue weighted by molar-refractivity contribution is 0.112. The third-order valence-corrected chi connectivity index (χ3v) is 4.17. The van der Waals surface area contributed by atoms with Crippen LogP contribution in [0.5, 0.6) is 0 Å². The molecule has 20 heavy (non-hydrogen) atoms. The molecule has 0 aliphatic heterocycles. The van der Waals surface area contributed by atoms with E-state index in [9.17, 15) is 4.79 Å². The van der Waals surface area contributed by atoms with Gasteiger partial charge in [0.1, 0.15) is 0 Å². The van der Waals surface area contributed by atoms with Crippen molar-refractivity contribution in [3.8, 4) is 0 Å². The standard InChI is InChI=1S/C17H15NOS/c1-20-15-7-8-17-16(9-15)14(12-19)11-18(17)10-13-5-3-2-4-6-13/h2-9,11-12H,10H2,1H3. The summed E-state index contributed by atoms with van der Waals surface area (Å²) in [4.78, 5) is 12.4. The van der Waals surface area contributed by atoms with Crippen molar-refractivity contribution in [2.24, 2.45) is 0 Å². The largest absolute Gasteiger partial charge is 0.342 e. The molecule has 2 nitrogen and oxygen atoms in total. The lowest BCUT2D eigenvalue weighted by Gasteiger charge is -2.06. The Hall–Kier alpha value is -2.00. The summed E-state index contributed by atoms with van der Waals surface area (Å²) in [5, 5.41) is 1.03. The summed E-state index contributed by atoms with van der Waals surface area (Å²) in [7, 11) is 0. The van der Waals surface area contributed by atoms with Crippen LogP contribution >= 0.6 is 11.8 Å². The minimum Gasteiger partial charge on any atom is -0.342 e. The quantitative estimate of drug-likeness (QED) is 0.527. The van der Waals surface area contributed by atoms with Crippen molar-refractivity contribution >= 4 is 29.0 Å². The molecule has 0 aliphatic carbocycles. The minimum absolute atomic E-state index is 0.756. The van der Waals surface area contributed by atoms with E-state index in [1.807, 2.05) is 30.7 Å². The molecule has 3 rings (SSSR count). The molecule has 0 bridgehead atoms. The molecule has 0 saturated heterocycles. The molecule has 0 unspecified atom stereocenters. The van der Waals surface area contributed by atoms with Gasteiger partial charge in [-0.05, 0) is 30.0 Å². The maximum absolute atomic E-state index is 11.3. The molecule has 0 amide bonds. The van der Waals surface area contributed by atoms with Gasteiger partial charge in [-0.3, -0.25) is 4.79 Å². The van der Waals surface area contributed by atoms with E-state index in [0.717, 1.165) is 29.3 Å². The van der Waals surface area contributed by atoms with E-state index in [1.165, 1.54) is 10.5 Å². The molecule has 0 radical (unpaired) electrons. The number of hydrogen-bond donors (Lipinski definition) is 0. The van der Waals surface area contributed by atoms with E-state index < -0.39 is 0 Å². The van der Waals surface area contributed by atoms with Gasteiger partial charge in [0.15, 0.2) is 6.29 Å². The molecule has 3 heteroatoms. The maximum atomic E-state index is 11.3. The first-order valence-electron chi connectivity index (χ1n) is 6.48. The highest BCUT2D eigenvalue weighted by Crippen LogP contribution is 2.26. The van der Waals surface area contributed by atoms with Gasteiger partial charge < -0.3 is 4.57 Å². The summed E-state index contributed by atoms with van der Waals surface area (Å²) in [6.45, 7) is 0.782. The Bertz CT molecular complexity index is 746. The second-order valence-corrected chi connectivity index (χ2v) is 5.58. The van der Waals surface area contributed by atoms with Gasteiger partial charge in [0.2, 0.25) is 0 Å². The summed E-state index contributed by atoms with van der Waals surface area (Å²) in [5.74, 6) is 0. The summed E-state index contributed by atoms with van der Waals surface area (Å²) in [5.41, 5.74) is 3.09. The number of benzene rings is 2. The Balaban J connectivity index is 2.09. The van der Waals surface area contributed by atoms with Crippen LogP contribution in [0.15, 0.2) is 59.6 Å². The number of carbonyl (C=O) groups is 1. The van der Waals surface area contributed by atoms with Gasteiger partial charge >= 0.3 is 0 Å². The Morgan fingerprint density at radius 2 is 1.95 bits per heavy atom. The SMILES string of the molecule is CSc1ccc2c(c1)c(C=O)cn2Cc1ccccc1. The molecule has 0 aliphatic rings. The summed E-state index contributed by atoms with van der Waals surface area (Å²) < 4.78 is 2.14. The predicted molar refractivity (Wildman–Crippen MR) is 84.7 cm³/mol. The van der Waals surface area contributed by atoms with Gasteiger partial charge in [-0.1, -0.05) is 30.3 Å². The molecule has 0 fully saturated rings. The molecule has 1 aromatic heterocycles. The van der Waals surface area contributed by atoms with Gasteiger partial charge in [-0.25, -0.2) is 0 Å². The van der Waals surface area contributed by atoms with E-state index in [-0.39, 0.29) is 0 Å². The number of hydrogen-bond acceptors (Lipinski definition) is 2. The highest BCUT2D eigenvalue weighted by Gasteiger charge is 2.09. The van der Waals surface area contributed by atoms with E-state index in [0.29, 0.717) is 0 Å². The Labute approximate surface area is 122 Å². The van der Waals surface area contributed by atoms with Gasteiger partial charge in [-0.15, -0.1) is 11.8 Å². The lowest BCUT2D eigenvalue weighted by atomic mass is 10.2. The summed E-state index contributed by atoms with van der Waals surface area (Å²) in [6.07, 6.45) is 4.92. The minimum atomic E-state index is 0.756. The molecule has 2 aromatic carbocycles. The molecule has 1 heterocycles. The van der Waals surface area contributed by atoms with Crippen LogP contribution in [0.3, 0.4) is 0 Å². The highest BCUT2D eigenvalue weighted by atomic mass is 32.2. The third kappa shape index (κ3) is 2.37. The zero-order valence-corrected chi connectivity index (χ0v) is 12.1. The maximum Gasteiger partial charge on any atom is 0.152 e. The smallest absolute Gasteiger partial charge is 0.152 e. The van der Waals surface area contributed by atoms with Gasteiger partial charge in [0.05, 0.1) is 0 Å². The first-order valence-corrected chi connectivity index (χ1v) is 7.70. The van der Waals surface area contributed by atoms with Gasteiger partial charge in [0.25, 0.3) is 0 Å². The fraction of sp³-hybridized carbons (Fsp3) is 0.118. The predicted octanol–water partition coefficient (Wildman–Crippen LogP) is 4.22. The van der Waals surface area contributed by atoms with Gasteiger partial charge in [0, 0.05) is 34.1 Å². The normalized spacial score (nSPS) is 10.8. The van der Waals surface area contributed by atoms with Crippen LogP contribution < -0.4 is 0 Å². The topological polar surface area (TPSA) is 22.0 Å². The third-order valence-electron chi connectivity index (χ3n) is 3.44. The van der Waals surface area contributed by atoms with Crippen molar-refractivity contribution in [1.82, 2.24) is 4.57 Å². The molecule has 0 atom stereocenters. The van der Waals surface area contributed by atoms with Crippen molar-refractivity contribution in [2.45, 2.75) is 11.4 Å². The van der Waals surface area contributed by atoms with Crippen LogP contribution in [0.1, 0.15) is 15.9 Å². The Kier molecular flexibility index (Phi) is 3.61. The van der Waals surface area contributed by atoms with Crippen LogP contribution in [0.2, 0.25) is 0 Å². The van der Waals surface area contributed by atoms with Crippen LogP contribution in [-0.4, -0.2) is 17.1 Å². The zero-order valence-electron chi connectivity index (χ0n) is 11.2. The number of carbonyl (C=O) groups excluding carboxylic acids is 1. The molecule has 0 saturated carbocycles. The van der Waals surface area contributed by atoms with Crippen molar-refractivity contribution < 1.29 is 4.79 Å². The molecular formula is C17H15NOS. The second-order valence-electron chi connectivity index (χ2n) is 4.70. The average Bonchev–Trinajstić information content (AvgIpc) is 2.85. The lowest BCUT2D eigenvalue weighted by Crippen LogP contribution is -1.97. The summed E-state index contributed by atoms with van der Waals surface area (Å²) >= 11 is 1.69. The van der Waals surface area contributed by atoms with Crippen LogP contribution in [0.25, 0.3) is 10.9 Å². The van der Waals surface area contributed by atoms with E-state index in [1.54, 1.807) is 11.8 Å². The van der Waals surface area contributed by atoms with Crippen LogP contribution in [-0.2, 0) is 6.54 Å². The average molecular weight is 281 g/mol.